The Hall–Kier alpha value is -3.14. The second-order valence-electron chi connectivity index (χ2n) is 8.11. The third-order valence-corrected chi connectivity index (χ3v) is 7.14. The van der Waals surface area contributed by atoms with Crippen molar-refractivity contribution < 1.29 is 33.5 Å². The van der Waals surface area contributed by atoms with Gasteiger partial charge in [0, 0.05) is 10.3 Å². The Balaban J connectivity index is 1.48. The Bertz CT molecular complexity index is 1210. The average molecular weight is 470 g/mol. The minimum Gasteiger partial charge on any atom is -0.503 e. The van der Waals surface area contributed by atoms with Gasteiger partial charge in [-0.05, 0) is 23.6 Å². The van der Waals surface area contributed by atoms with Crippen LogP contribution >= 0.6 is 11.3 Å². The highest BCUT2D eigenvalue weighted by molar-refractivity contribution is 7.10. The van der Waals surface area contributed by atoms with E-state index in [2.05, 4.69) is 0 Å². The number of nitrogens with one attached hydrogen (secondary N) is 1. The summed E-state index contributed by atoms with van der Waals surface area (Å²) in [4.78, 5) is 30.4. The zero-order valence-electron chi connectivity index (χ0n) is 18.2. The van der Waals surface area contributed by atoms with Gasteiger partial charge in [0.25, 0.3) is 5.91 Å². The van der Waals surface area contributed by atoms with E-state index in [0.29, 0.717) is 43.0 Å². The minimum absolute atomic E-state index is 0.0532. The third-order valence-electron chi connectivity index (χ3n) is 6.22. The van der Waals surface area contributed by atoms with E-state index in [0.717, 1.165) is 18.0 Å². The molecule has 33 heavy (non-hydrogen) atoms. The number of thiophene rings is 1. The first-order valence-electron chi connectivity index (χ1n) is 10.9. The normalized spacial score (nSPS) is 19.6. The van der Waals surface area contributed by atoms with Crippen LogP contribution in [0.2, 0.25) is 0 Å². The van der Waals surface area contributed by atoms with Crippen molar-refractivity contribution in [2.24, 2.45) is 0 Å². The number of rotatable bonds is 7. The number of aliphatic hydroxyl groups excluding tert-OH is 1. The molecule has 9 heteroatoms. The molecule has 1 aromatic carbocycles. The van der Waals surface area contributed by atoms with Crippen LogP contribution in [-0.4, -0.2) is 68.2 Å². The largest absolute Gasteiger partial charge is 0.503 e. The van der Waals surface area contributed by atoms with Gasteiger partial charge in [-0.2, -0.15) is 0 Å². The fourth-order valence-electron chi connectivity index (χ4n) is 4.49. The number of morpholine rings is 1. The third kappa shape index (κ3) is 3.92. The number of carbonyl (C=O) groups is 2. The van der Waals surface area contributed by atoms with Gasteiger partial charge in [0.1, 0.15) is 13.1 Å². The lowest BCUT2D eigenvalue weighted by Gasteiger charge is -2.29. The molecule has 0 radical (unpaired) electrons. The highest BCUT2D eigenvalue weighted by Crippen LogP contribution is 2.41. The van der Waals surface area contributed by atoms with Gasteiger partial charge in [-0.15, -0.1) is 11.3 Å². The van der Waals surface area contributed by atoms with Gasteiger partial charge in [0.15, 0.2) is 22.9 Å². The summed E-state index contributed by atoms with van der Waals surface area (Å²) >= 11 is 1.45. The summed E-state index contributed by atoms with van der Waals surface area (Å²) in [7, 11) is 1.53. The smallest absolute Gasteiger partial charge is 0.290 e. The molecule has 1 fully saturated rings. The van der Waals surface area contributed by atoms with Crippen LogP contribution in [0.25, 0.3) is 11.0 Å². The van der Waals surface area contributed by atoms with E-state index >= 15 is 0 Å². The first kappa shape index (κ1) is 21.7. The molecule has 1 amide bonds. The van der Waals surface area contributed by atoms with E-state index in [1.165, 1.54) is 23.3 Å². The summed E-state index contributed by atoms with van der Waals surface area (Å²) < 4.78 is 16.6. The van der Waals surface area contributed by atoms with Gasteiger partial charge >= 0.3 is 0 Å². The van der Waals surface area contributed by atoms with Gasteiger partial charge in [-0.3, -0.25) is 9.59 Å². The van der Waals surface area contributed by atoms with Crippen molar-refractivity contribution in [3.8, 4) is 5.75 Å². The number of quaternary nitrogens is 1. The van der Waals surface area contributed by atoms with Crippen molar-refractivity contribution in [1.82, 2.24) is 4.90 Å². The lowest BCUT2D eigenvalue weighted by molar-refractivity contribution is -0.907. The molecule has 2 aliphatic heterocycles. The van der Waals surface area contributed by atoms with Gasteiger partial charge in [-0.1, -0.05) is 18.2 Å². The summed E-state index contributed by atoms with van der Waals surface area (Å²) in [5, 5.41) is 13.4. The Morgan fingerprint density at radius 3 is 2.82 bits per heavy atom. The van der Waals surface area contributed by atoms with E-state index in [1.807, 2.05) is 29.6 Å². The predicted molar refractivity (Wildman–Crippen MR) is 122 cm³/mol. The number of fused-ring (bicyclic) bond motifs is 1. The summed E-state index contributed by atoms with van der Waals surface area (Å²) in [6, 6.07) is 10.1. The molecule has 2 aliphatic rings. The standard InChI is InChI=1S/C24H24N2O6S/c1-30-16-5-2-4-15-14-17(32-23(15)16)21(27)19-20(18-6-3-13-33-18)26(24(29)22(19)28)8-7-25-9-11-31-12-10-25/h2-6,13-14,20,28H,7-12H2,1H3/p+1/t20-/m0/s1. The highest BCUT2D eigenvalue weighted by atomic mass is 32.1. The highest BCUT2D eigenvalue weighted by Gasteiger charge is 2.45. The number of benzene rings is 1. The van der Waals surface area contributed by atoms with Crippen LogP contribution in [0.1, 0.15) is 21.5 Å². The molecule has 1 saturated heterocycles. The number of Topliss-reactive ketones (excluding diaryl/α,β-unsaturated/α-hetero) is 1. The molecule has 1 atom stereocenters. The molecular weight excluding hydrogens is 444 g/mol. The van der Waals surface area contributed by atoms with E-state index in [-0.39, 0.29) is 11.3 Å². The molecule has 0 spiro atoms. The lowest BCUT2D eigenvalue weighted by atomic mass is 10.00. The summed E-state index contributed by atoms with van der Waals surface area (Å²) in [6.45, 7) is 4.27. The Morgan fingerprint density at radius 2 is 2.09 bits per heavy atom. The zero-order chi connectivity index (χ0) is 22.9. The van der Waals surface area contributed by atoms with E-state index < -0.39 is 23.5 Å². The molecule has 2 N–H and O–H groups in total. The number of hydrogen-bond acceptors (Lipinski definition) is 7. The number of ketones is 1. The maximum absolute atomic E-state index is 13.6. The van der Waals surface area contributed by atoms with Crippen LogP contribution < -0.4 is 9.64 Å². The minimum atomic E-state index is -0.652. The number of furan rings is 1. The second kappa shape index (κ2) is 9.01. The lowest BCUT2D eigenvalue weighted by Crippen LogP contribution is -3.14. The van der Waals surface area contributed by atoms with Crippen molar-refractivity contribution >= 4 is 34.0 Å². The fraction of sp³-hybridized carbons (Fsp3) is 0.333. The first-order valence-corrected chi connectivity index (χ1v) is 11.8. The SMILES string of the molecule is COc1cccc2cc(C(=O)C3=C(O)C(=O)N(CC[NH+]4CCOCC4)[C@H]3c3cccs3)oc12. The summed E-state index contributed by atoms with van der Waals surface area (Å²) in [6.07, 6.45) is 0. The fourth-order valence-corrected chi connectivity index (χ4v) is 5.33. The molecule has 8 nitrogen and oxygen atoms in total. The van der Waals surface area contributed by atoms with Crippen LogP contribution in [0, 0.1) is 0 Å². The molecule has 0 saturated carbocycles. The predicted octanol–water partition coefficient (Wildman–Crippen LogP) is 2.00. The van der Waals surface area contributed by atoms with E-state index in [9.17, 15) is 14.7 Å². The van der Waals surface area contributed by atoms with Crippen LogP contribution in [0.4, 0.5) is 0 Å². The number of ether oxygens (including phenoxy) is 2. The quantitative estimate of drug-likeness (QED) is 0.514. The Labute approximate surface area is 194 Å². The Morgan fingerprint density at radius 1 is 1.27 bits per heavy atom. The van der Waals surface area contributed by atoms with E-state index in [1.54, 1.807) is 17.0 Å². The van der Waals surface area contributed by atoms with E-state index in [4.69, 9.17) is 13.9 Å². The van der Waals surface area contributed by atoms with Crippen molar-refractivity contribution in [2.75, 3.05) is 46.5 Å². The van der Waals surface area contributed by atoms with Crippen molar-refractivity contribution in [3.63, 3.8) is 0 Å². The average Bonchev–Trinajstić information content (AvgIpc) is 3.57. The summed E-state index contributed by atoms with van der Waals surface area (Å²) in [5.41, 5.74) is 0.505. The molecule has 3 aromatic rings. The molecular formula is C24H25N2O6S+. The molecule has 4 heterocycles. The van der Waals surface area contributed by atoms with Gasteiger partial charge in [-0.25, -0.2) is 0 Å². The number of amides is 1. The van der Waals surface area contributed by atoms with Crippen LogP contribution in [-0.2, 0) is 9.53 Å². The van der Waals surface area contributed by atoms with Gasteiger partial charge < -0.3 is 28.8 Å². The van der Waals surface area contributed by atoms with Crippen molar-refractivity contribution in [3.05, 3.63) is 63.7 Å². The topological polar surface area (TPSA) is 93.7 Å². The molecule has 172 valence electrons. The van der Waals surface area contributed by atoms with Crippen LogP contribution in [0.15, 0.2) is 57.5 Å². The van der Waals surface area contributed by atoms with Crippen LogP contribution in [0.5, 0.6) is 5.75 Å². The maximum Gasteiger partial charge on any atom is 0.290 e. The van der Waals surface area contributed by atoms with Gasteiger partial charge in [0.2, 0.25) is 5.78 Å². The molecule has 0 unspecified atom stereocenters. The van der Waals surface area contributed by atoms with Crippen molar-refractivity contribution in [1.29, 1.82) is 0 Å². The maximum atomic E-state index is 13.6. The van der Waals surface area contributed by atoms with Crippen LogP contribution in [0.3, 0.4) is 0 Å². The molecule has 0 aliphatic carbocycles. The monoisotopic (exact) mass is 469 g/mol. The zero-order valence-corrected chi connectivity index (χ0v) is 19.0. The Kier molecular flexibility index (Phi) is 5.92. The number of carbonyl (C=O) groups excluding carboxylic acids is 2. The number of hydrogen-bond donors (Lipinski definition) is 2. The first-order chi connectivity index (χ1) is 16.1. The molecule has 5 rings (SSSR count). The summed E-state index contributed by atoms with van der Waals surface area (Å²) in [5.74, 6) is -0.970. The van der Waals surface area contributed by atoms with Gasteiger partial charge in [0.05, 0.1) is 45.0 Å². The number of aliphatic hydroxyl groups is 1. The number of methoxy groups -OCH3 is 1. The molecule has 0 bridgehead atoms. The van der Waals surface area contributed by atoms with Crippen molar-refractivity contribution in [2.45, 2.75) is 6.04 Å². The number of nitrogens with zero attached hydrogens (tertiary/aromatic N) is 1. The second-order valence-corrected chi connectivity index (χ2v) is 9.09. The molecule has 2 aromatic heterocycles. The number of para-hydroxylation sites is 1.